The number of benzene rings is 2. The largest absolute Gasteiger partial charge is 0.492 e. The number of nitrogens with one attached hydrogen (secondary N) is 3. The van der Waals surface area contributed by atoms with E-state index in [2.05, 4.69) is 45.6 Å². The van der Waals surface area contributed by atoms with Crippen molar-refractivity contribution in [1.29, 1.82) is 0 Å². The Morgan fingerprint density at radius 3 is 2.54 bits per heavy atom. The van der Waals surface area contributed by atoms with Crippen LogP contribution in [0.25, 0.3) is 11.0 Å². The average molecular weight is 351 g/mol. The van der Waals surface area contributed by atoms with Gasteiger partial charge in [0.2, 0.25) is 0 Å². The van der Waals surface area contributed by atoms with E-state index >= 15 is 0 Å². The van der Waals surface area contributed by atoms with Crippen molar-refractivity contribution in [2.24, 2.45) is 0 Å². The lowest BCUT2D eigenvalue weighted by molar-refractivity contribution is 0.283. The molecule has 5 nitrogen and oxygen atoms in total. The molecular formula is C21H25N3O2. The number of hydrogen-bond acceptors (Lipinski definition) is 3. The van der Waals surface area contributed by atoms with Crippen LogP contribution in [0.3, 0.4) is 0 Å². The van der Waals surface area contributed by atoms with Gasteiger partial charge in [-0.2, -0.15) is 0 Å². The molecule has 1 saturated carbocycles. The van der Waals surface area contributed by atoms with Gasteiger partial charge in [0.05, 0.1) is 11.0 Å². The summed E-state index contributed by atoms with van der Waals surface area (Å²) in [5.74, 6) is 1.49. The van der Waals surface area contributed by atoms with Crippen molar-refractivity contribution in [3.05, 3.63) is 64.6 Å². The summed E-state index contributed by atoms with van der Waals surface area (Å²) in [6.07, 6.45) is 4.94. The highest BCUT2D eigenvalue weighted by atomic mass is 16.5. The first kappa shape index (κ1) is 16.9. The van der Waals surface area contributed by atoms with Gasteiger partial charge in [0, 0.05) is 18.7 Å². The van der Waals surface area contributed by atoms with Crippen molar-refractivity contribution in [2.75, 3.05) is 13.2 Å². The first-order valence-corrected chi connectivity index (χ1v) is 9.41. The highest BCUT2D eigenvalue weighted by Gasteiger charge is 2.21. The van der Waals surface area contributed by atoms with Crippen LogP contribution >= 0.6 is 0 Å². The molecule has 0 bridgehead atoms. The van der Waals surface area contributed by atoms with E-state index in [9.17, 15) is 4.79 Å². The van der Waals surface area contributed by atoms with Crippen LogP contribution in [0.1, 0.15) is 37.2 Å². The summed E-state index contributed by atoms with van der Waals surface area (Å²) in [4.78, 5) is 16.8. The van der Waals surface area contributed by atoms with Gasteiger partial charge < -0.3 is 20.0 Å². The Kier molecular flexibility index (Phi) is 5.07. The van der Waals surface area contributed by atoms with E-state index in [1.54, 1.807) is 0 Å². The molecule has 136 valence electrons. The van der Waals surface area contributed by atoms with E-state index in [1.165, 1.54) is 31.2 Å². The number of rotatable bonds is 6. The molecule has 0 aliphatic heterocycles. The van der Waals surface area contributed by atoms with Crippen molar-refractivity contribution in [1.82, 2.24) is 15.3 Å². The smallest absolute Gasteiger partial charge is 0.323 e. The van der Waals surface area contributed by atoms with E-state index < -0.39 is 0 Å². The molecular weight excluding hydrogens is 326 g/mol. The summed E-state index contributed by atoms with van der Waals surface area (Å²) >= 11 is 0. The molecule has 0 unspecified atom stereocenters. The second-order valence-electron chi connectivity index (χ2n) is 7.05. The van der Waals surface area contributed by atoms with E-state index in [-0.39, 0.29) is 5.69 Å². The van der Waals surface area contributed by atoms with Crippen LogP contribution in [0.15, 0.2) is 53.3 Å². The molecule has 5 heteroatoms. The molecule has 1 aliphatic carbocycles. The molecule has 26 heavy (non-hydrogen) atoms. The summed E-state index contributed by atoms with van der Waals surface area (Å²) in [6.45, 7) is 1.46. The van der Waals surface area contributed by atoms with Gasteiger partial charge in [-0.25, -0.2) is 4.79 Å². The maximum absolute atomic E-state index is 11.3. The first-order chi connectivity index (χ1) is 12.8. The molecule has 1 aromatic heterocycles. The average Bonchev–Trinajstić information content (AvgIpc) is 3.06. The van der Waals surface area contributed by atoms with Gasteiger partial charge in [-0.15, -0.1) is 0 Å². The van der Waals surface area contributed by atoms with Crippen LogP contribution in [0.4, 0.5) is 0 Å². The molecule has 0 radical (unpaired) electrons. The molecule has 4 rings (SSSR count). The fraction of sp³-hybridized carbons (Fsp3) is 0.381. The Morgan fingerprint density at radius 2 is 1.73 bits per heavy atom. The second-order valence-corrected chi connectivity index (χ2v) is 7.05. The Hall–Kier alpha value is -2.53. The molecule has 3 aromatic rings. The highest BCUT2D eigenvalue weighted by Crippen LogP contribution is 2.32. The van der Waals surface area contributed by atoms with Crippen molar-refractivity contribution >= 4 is 11.0 Å². The summed E-state index contributed by atoms with van der Waals surface area (Å²) in [7, 11) is 0. The predicted molar refractivity (Wildman–Crippen MR) is 104 cm³/mol. The zero-order valence-corrected chi connectivity index (χ0v) is 14.8. The summed E-state index contributed by atoms with van der Waals surface area (Å²) < 4.78 is 5.81. The standard InChI is InChI=1S/C21H25N3O2/c25-21-23-19-11-10-18(14-20(19)24-21)26-13-12-22-17-8-6-16(7-9-17)15-4-2-1-3-5-15/h1-5,10-11,14,16-17,22H,6-9,12-13H2,(H2,23,24,25)/t16-,17-. The van der Waals surface area contributed by atoms with Gasteiger partial charge in [-0.05, 0) is 49.3 Å². The number of imidazole rings is 1. The molecule has 2 aromatic carbocycles. The number of fused-ring (bicyclic) bond motifs is 1. The Labute approximate surface area is 152 Å². The molecule has 1 heterocycles. The zero-order chi connectivity index (χ0) is 17.8. The molecule has 3 N–H and O–H groups in total. The van der Waals surface area contributed by atoms with Crippen molar-refractivity contribution in [3.63, 3.8) is 0 Å². The minimum absolute atomic E-state index is 0.190. The van der Waals surface area contributed by atoms with Gasteiger partial charge in [-0.1, -0.05) is 30.3 Å². The van der Waals surface area contributed by atoms with Gasteiger partial charge in [-0.3, -0.25) is 0 Å². The quantitative estimate of drug-likeness (QED) is 0.595. The summed E-state index contributed by atoms with van der Waals surface area (Å²) in [6, 6.07) is 17.1. The number of ether oxygens (including phenoxy) is 1. The Bertz CT molecular complexity index is 892. The first-order valence-electron chi connectivity index (χ1n) is 9.41. The van der Waals surface area contributed by atoms with E-state index in [1.807, 2.05) is 18.2 Å². The summed E-state index contributed by atoms with van der Waals surface area (Å²) in [5, 5.41) is 3.62. The normalized spacial score (nSPS) is 20.3. The lowest BCUT2D eigenvalue weighted by atomic mass is 9.82. The highest BCUT2D eigenvalue weighted by molar-refractivity contribution is 5.75. The SMILES string of the molecule is O=c1[nH]c2ccc(OCCN[C@H]3CC[C@H](c4ccccc4)CC3)cc2[nH]1. The third-order valence-corrected chi connectivity index (χ3v) is 5.29. The van der Waals surface area contributed by atoms with Crippen LogP contribution < -0.4 is 15.7 Å². The van der Waals surface area contributed by atoms with Crippen molar-refractivity contribution in [2.45, 2.75) is 37.6 Å². The molecule has 0 atom stereocenters. The van der Waals surface area contributed by atoms with E-state index in [0.717, 1.165) is 23.3 Å². The van der Waals surface area contributed by atoms with Gasteiger partial charge in [0.1, 0.15) is 12.4 Å². The molecule has 0 saturated heterocycles. The summed E-state index contributed by atoms with van der Waals surface area (Å²) in [5.41, 5.74) is 2.87. The number of aromatic nitrogens is 2. The maximum atomic E-state index is 11.3. The van der Waals surface area contributed by atoms with Crippen LogP contribution in [-0.2, 0) is 0 Å². The van der Waals surface area contributed by atoms with Crippen molar-refractivity contribution in [3.8, 4) is 5.75 Å². The third-order valence-electron chi connectivity index (χ3n) is 5.29. The fourth-order valence-corrected chi connectivity index (χ4v) is 3.89. The zero-order valence-electron chi connectivity index (χ0n) is 14.8. The Balaban J connectivity index is 1.20. The minimum Gasteiger partial charge on any atom is -0.492 e. The van der Waals surface area contributed by atoms with Crippen LogP contribution in [0, 0.1) is 0 Å². The minimum atomic E-state index is -0.190. The number of hydrogen-bond donors (Lipinski definition) is 3. The monoisotopic (exact) mass is 351 g/mol. The lowest BCUT2D eigenvalue weighted by Crippen LogP contribution is -2.35. The molecule has 0 amide bonds. The Morgan fingerprint density at radius 1 is 0.962 bits per heavy atom. The number of H-pyrrole nitrogens is 2. The van der Waals surface area contributed by atoms with E-state index in [4.69, 9.17) is 4.74 Å². The van der Waals surface area contributed by atoms with Gasteiger partial charge in [0.15, 0.2) is 0 Å². The van der Waals surface area contributed by atoms with Gasteiger partial charge in [0.25, 0.3) is 0 Å². The third kappa shape index (κ3) is 3.99. The van der Waals surface area contributed by atoms with Crippen molar-refractivity contribution < 1.29 is 4.74 Å². The lowest BCUT2D eigenvalue weighted by Gasteiger charge is -2.29. The van der Waals surface area contributed by atoms with Crippen LogP contribution in [0.2, 0.25) is 0 Å². The fourth-order valence-electron chi connectivity index (χ4n) is 3.89. The van der Waals surface area contributed by atoms with Gasteiger partial charge >= 0.3 is 5.69 Å². The molecule has 1 fully saturated rings. The molecule has 1 aliphatic rings. The predicted octanol–water partition coefficient (Wildman–Crippen LogP) is 3.55. The van der Waals surface area contributed by atoms with Crippen LogP contribution in [-0.4, -0.2) is 29.2 Å². The maximum Gasteiger partial charge on any atom is 0.323 e. The molecule has 0 spiro atoms. The number of aromatic amines is 2. The second kappa shape index (κ2) is 7.79. The van der Waals surface area contributed by atoms with E-state index in [0.29, 0.717) is 18.6 Å². The topological polar surface area (TPSA) is 69.9 Å². The van der Waals surface area contributed by atoms with Crippen LogP contribution in [0.5, 0.6) is 5.75 Å².